The largest absolute Gasteiger partial charge is 0.341 e. The number of hydrogen-bond acceptors (Lipinski definition) is 6. The number of piperidine rings is 1. The summed E-state index contributed by atoms with van der Waals surface area (Å²) in [6.07, 6.45) is 6.80. The molecule has 1 aromatic carbocycles. The monoisotopic (exact) mass is 408 g/mol. The van der Waals surface area contributed by atoms with Crippen molar-refractivity contribution in [1.29, 1.82) is 0 Å². The van der Waals surface area contributed by atoms with Gasteiger partial charge in [-0.15, -0.1) is 0 Å². The van der Waals surface area contributed by atoms with E-state index in [1.54, 1.807) is 12.4 Å². The van der Waals surface area contributed by atoms with Crippen LogP contribution in [0.15, 0.2) is 36.8 Å². The predicted molar refractivity (Wildman–Crippen MR) is 112 cm³/mol. The summed E-state index contributed by atoms with van der Waals surface area (Å²) in [7, 11) is 0. The Kier molecular flexibility index (Phi) is 4.17. The van der Waals surface area contributed by atoms with Gasteiger partial charge in [-0.25, -0.2) is 15.0 Å². The number of aromatic nitrogens is 4. The van der Waals surface area contributed by atoms with Crippen LogP contribution in [0.1, 0.15) is 32.4 Å². The summed E-state index contributed by atoms with van der Waals surface area (Å²) in [6, 6.07) is 5.72. The highest BCUT2D eigenvalue weighted by Gasteiger charge is 2.49. The van der Waals surface area contributed by atoms with Crippen LogP contribution >= 0.6 is 11.6 Å². The SMILES string of the molecule is CC1(C)C(=O)N(C2CCN(c3ncc4ccc(Cl)cc4n3)CC2)c2nccnc21. The molecule has 29 heavy (non-hydrogen) atoms. The first-order chi connectivity index (χ1) is 13.9. The van der Waals surface area contributed by atoms with Crippen LogP contribution in [0.25, 0.3) is 10.9 Å². The van der Waals surface area contributed by atoms with Crippen molar-refractivity contribution in [3.8, 4) is 0 Å². The average molecular weight is 409 g/mol. The third kappa shape index (κ3) is 2.92. The molecule has 0 unspecified atom stereocenters. The molecular weight excluding hydrogens is 388 g/mol. The first-order valence-corrected chi connectivity index (χ1v) is 10.2. The van der Waals surface area contributed by atoms with Gasteiger partial charge in [-0.3, -0.25) is 14.7 Å². The molecule has 7 nitrogen and oxygen atoms in total. The fourth-order valence-electron chi connectivity index (χ4n) is 4.25. The first-order valence-electron chi connectivity index (χ1n) is 9.77. The molecule has 8 heteroatoms. The van der Waals surface area contributed by atoms with Crippen LogP contribution in [0, 0.1) is 0 Å². The second-order valence-corrected chi connectivity index (χ2v) is 8.56. The Morgan fingerprint density at radius 2 is 1.86 bits per heavy atom. The van der Waals surface area contributed by atoms with Crippen molar-refractivity contribution in [2.24, 2.45) is 0 Å². The van der Waals surface area contributed by atoms with Crippen LogP contribution in [0.3, 0.4) is 0 Å². The molecule has 0 aliphatic carbocycles. The highest BCUT2D eigenvalue weighted by Crippen LogP contribution is 2.41. The fourth-order valence-corrected chi connectivity index (χ4v) is 4.41. The van der Waals surface area contributed by atoms with Crippen LogP contribution in [0.5, 0.6) is 0 Å². The summed E-state index contributed by atoms with van der Waals surface area (Å²) in [5.41, 5.74) is 0.967. The van der Waals surface area contributed by atoms with Crippen molar-refractivity contribution in [1.82, 2.24) is 19.9 Å². The zero-order valence-corrected chi connectivity index (χ0v) is 17.1. The molecule has 5 rings (SSSR count). The number of nitrogens with zero attached hydrogens (tertiary/aromatic N) is 6. The molecule has 0 bridgehead atoms. The topological polar surface area (TPSA) is 75.1 Å². The Balaban J connectivity index is 1.37. The smallest absolute Gasteiger partial charge is 0.240 e. The highest BCUT2D eigenvalue weighted by molar-refractivity contribution is 6.31. The number of amides is 1. The Morgan fingerprint density at radius 1 is 1.10 bits per heavy atom. The Bertz CT molecular complexity index is 1110. The van der Waals surface area contributed by atoms with E-state index in [9.17, 15) is 4.79 Å². The van der Waals surface area contributed by atoms with Gasteiger partial charge in [0.2, 0.25) is 11.9 Å². The summed E-state index contributed by atoms with van der Waals surface area (Å²) in [4.78, 5) is 35.3. The van der Waals surface area contributed by atoms with Crippen molar-refractivity contribution in [3.05, 3.63) is 47.5 Å². The molecule has 0 atom stereocenters. The third-order valence-electron chi connectivity index (χ3n) is 5.90. The summed E-state index contributed by atoms with van der Waals surface area (Å²) in [5.74, 6) is 1.48. The zero-order valence-electron chi connectivity index (χ0n) is 16.3. The van der Waals surface area contributed by atoms with E-state index in [4.69, 9.17) is 11.6 Å². The molecule has 0 N–H and O–H groups in total. The Hall–Kier alpha value is -2.80. The molecule has 2 aliphatic heterocycles. The van der Waals surface area contributed by atoms with E-state index < -0.39 is 5.41 Å². The fraction of sp³-hybridized carbons (Fsp3) is 0.381. The normalized spacial score (nSPS) is 19.1. The minimum atomic E-state index is -0.637. The van der Waals surface area contributed by atoms with Crippen LogP contribution in [-0.2, 0) is 10.2 Å². The molecule has 4 heterocycles. The lowest BCUT2D eigenvalue weighted by Gasteiger charge is -2.37. The Labute approximate surface area is 173 Å². The van der Waals surface area contributed by atoms with Crippen LogP contribution in [0.4, 0.5) is 11.8 Å². The van der Waals surface area contributed by atoms with E-state index >= 15 is 0 Å². The predicted octanol–water partition coefficient (Wildman–Crippen LogP) is 3.37. The van der Waals surface area contributed by atoms with E-state index in [0.29, 0.717) is 16.8 Å². The van der Waals surface area contributed by atoms with Gasteiger partial charge in [0.15, 0.2) is 5.82 Å². The van der Waals surface area contributed by atoms with Gasteiger partial charge in [-0.1, -0.05) is 11.6 Å². The van der Waals surface area contributed by atoms with E-state index in [-0.39, 0.29) is 11.9 Å². The van der Waals surface area contributed by atoms with Crippen molar-refractivity contribution < 1.29 is 4.79 Å². The third-order valence-corrected chi connectivity index (χ3v) is 6.13. The van der Waals surface area contributed by atoms with Gasteiger partial charge in [0.1, 0.15) is 0 Å². The Morgan fingerprint density at radius 3 is 2.66 bits per heavy atom. The standard InChI is InChI=1S/C21H21ClN6O/c1-21(2)17-18(24-8-7-23-17)28(19(21)29)15-5-9-27(10-6-15)20-25-12-13-3-4-14(22)11-16(13)26-20/h3-4,7-8,11-12,15H,5-6,9-10H2,1-2H3. The highest BCUT2D eigenvalue weighted by atomic mass is 35.5. The zero-order chi connectivity index (χ0) is 20.2. The molecule has 0 spiro atoms. The maximum atomic E-state index is 13.1. The number of fused-ring (bicyclic) bond motifs is 2. The van der Waals surface area contributed by atoms with Gasteiger partial charge in [0, 0.05) is 48.1 Å². The van der Waals surface area contributed by atoms with Crippen molar-refractivity contribution in [2.75, 3.05) is 22.9 Å². The summed E-state index contributed by atoms with van der Waals surface area (Å²) >= 11 is 6.10. The maximum absolute atomic E-state index is 13.1. The molecule has 0 radical (unpaired) electrons. The van der Waals surface area contributed by atoms with E-state index in [0.717, 1.165) is 42.5 Å². The van der Waals surface area contributed by atoms with Gasteiger partial charge < -0.3 is 4.90 Å². The quantitative estimate of drug-likeness (QED) is 0.647. The minimum absolute atomic E-state index is 0.0775. The molecule has 0 saturated carbocycles. The molecule has 2 aliphatic rings. The number of halogens is 1. The summed E-state index contributed by atoms with van der Waals surface area (Å²) in [6.45, 7) is 5.39. The number of anilines is 2. The van der Waals surface area contributed by atoms with Crippen molar-refractivity contribution in [3.63, 3.8) is 0 Å². The van der Waals surface area contributed by atoms with Gasteiger partial charge in [0.25, 0.3) is 0 Å². The van der Waals surface area contributed by atoms with Crippen LogP contribution < -0.4 is 9.80 Å². The van der Waals surface area contributed by atoms with Crippen molar-refractivity contribution >= 4 is 40.2 Å². The van der Waals surface area contributed by atoms with Gasteiger partial charge >= 0.3 is 0 Å². The summed E-state index contributed by atoms with van der Waals surface area (Å²) in [5, 5.41) is 1.63. The van der Waals surface area contributed by atoms with E-state index in [1.165, 1.54) is 0 Å². The molecule has 3 aromatic rings. The number of carbonyl (C=O) groups is 1. The molecule has 2 aromatic heterocycles. The number of hydrogen-bond donors (Lipinski definition) is 0. The molecule has 1 fully saturated rings. The van der Waals surface area contributed by atoms with Crippen LogP contribution in [0.2, 0.25) is 5.02 Å². The second kappa shape index (κ2) is 6.62. The van der Waals surface area contributed by atoms with E-state index in [2.05, 4.69) is 24.8 Å². The average Bonchev–Trinajstić information content (AvgIpc) is 2.94. The molecular formula is C21H21ClN6O. The van der Waals surface area contributed by atoms with E-state index in [1.807, 2.05) is 43.1 Å². The lowest BCUT2D eigenvalue weighted by molar-refractivity contribution is -0.122. The van der Waals surface area contributed by atoms with Gasteiger partial charge in [-0.2, -0.15) is 0 Å². The number of rotatable bonds is 2. The number of benzene rings is 1. The molecule has 148 valence electrons. The van der Waals surface area contributed by atoms with Gasteiger partial charge in [0.05, 0.1) is 16.6 Å². The lowest BCUT2D eigenvalue weighted by atomic mass is 9.90. The van der Waals surface area contributed by atoms with Gasteiger partial charge in [-0.05, 0) is 44.9 Å². The second-order valence-electron chi connectivity index (χ2n) is 8.12. The van der Waals surface area contributed by atoms with Crippen molar-refractivity contribution in [2.45, 2.75) is 38.1 Å². The maximum Gasteiger partial charge on any atom is 0.240 e. The number of carbonyl (C=O) groups excluding carboxylic acids is 1. The lowest BCUT2D eigenvalue weighted by Crippen LogP contribution is -2.49. The summed E-state index contributed by atoms with van der Waals surface area (Å²) < 4.78 is 0. The van der Waals surface area contributed by atoms with Crippen LogP contribution in [-0.4, -0.2) is 45.0 Å². The first kappa shape index (κ1) is 18.2. The minimum Gasteiger partial charge on any atom is -0.341 e. The molecule has 1 amide bonds. The molecule has 1 saturated heterocycles.